The summed E-state index contributed by atoms with van der Waals surface area (Å²) in [5.41, 5.74) is 2.26. The number of hydrogen-bond donors (Lipinski definition) is 2. The van der Waals surface area contributed by atoms with Gasteiger partial charge >= 0.3 is 0 Å². The first-order valence-corrected chi connectivity index (χ1v) is 6.68. The Kier molecular flexibility index (Phi) is 3.64. The molecule has 1 amide bonds. The normalized spacial score (nSPS) is 10.7. The number of nitrogens with zero attached hydrogens (tertiary/aromatic N) is 1. The second kappa shape index (κ2) is 5.75. The van der Waals surface area contributed by atoms with Crippen LogP contribution in [-0.2, 0) is 6.42 Å². The van der Waals surface area contributed by atoms with Crippen LogP contribution in [-0.4, -0.2) is 22.6 Å². The molecule has 2 N–H and O–H groups in total. The van der Waals surface area contributed by atoms with E-state index in [0.29, 0.717) is 18.5 Å². The molecule has 0 saturated carbocycles. The molecule has 1 heterocycles. The lowest BCUT2D eigenvalue weighted by Gasteiger charge is -2.05. The van der Waals surface area contributed by atoms with E-state index in [0.717, 1.165) is 16.5 Å². The summed E-state index contributed by atoms with van der Waals surface area (Å²) < 4.78 is 13.0. The van der Waals surface area contributed by atoms with Crippen molar-refractivity contribution in [2.24, 2.45) is 0 Å². The molecule has 106 valence electrons. The van der Waals surface area contributed by atoms with Crippen molar-refractivity contribution in [1.29, 1.82) is 0 Å². The Labute approximate surface area is 121 Å². The molecule has 0 fully saturated rings. The monoisotopic (exact) mass is 283 g/mol. The predicted octanol–water partition coefficient (Wildman–Crippen LogP) is 2.67. The predicted molar refractivity (Wildman–Crippen MR) is 78.5 cm³/mol. The third kappa shape index (κ3) is 3.08. The molecule has 0 saturated heterocycles. The lowest BCUT2D eigenvalue weighted by molar-refractivity contribution is 0.0954. The van der Waals surface area contributed by atoms with Crippen LogP contribution < -0.4 is 5.32 Å². The van der Waals surface area contributed by atoms with E-state index in [1.54, 1.807) is 24.4 Å². The zero-order valence-electron chi connectivity index (χ0n) is 11.3. The van der Waals surface area contributed by atoms with Gasteiger partial charge in [0.1, 0.15) is 5.82 Å². The summed E-state index contributed by atoms with van der Waals surface area (Å²) in [4.78, 5) is 12.0. The summed E-state index contributed by atoms with van der Waals surface area (Å²) in [6.45, 7) is 0.462. The summed E-state index contributed by atoms with van der Waals surface area (Å²) in [7, 11) is 0. The van der Waals surface area contributed by atoms with Gasteiger partial charge in [-0.1, -0.05) is 18.2 Å². The molecule has 0 aliphatic heterocycles. The topological polar surface area (TPSA) is 57.8 Å². The maximum absolute atomic E-state index is 13.0. The molecule has 0 spiro atoms. The average Bonchev–Trinajstić information content (AvgIpc) is 2.94. The lowest BCUT2D eigenvalue weighted by Crippen LogP contribution is -2.25. The first-order chi connectivity index (χ1) is 10.2. The van der Waals surface area contributed by atoms with Crippen LogP contribution in [0.4, 0.5) is 4.39 Å². The molecule has 1 aromatic heterocycles. The number of amides is 1. The molecular formula is C16H14FN3O. The minimum absolute atomic E-state index is 0.150. The zero-order valence-corrected chi connectivity index (χ0v) is 11.3. The van der Waals surface area contributed by atoms with Crippen LogP contribution in [0.3, 0.4) is 0 Å². The van der Waals surface area contributed by atoms with Crippen LogP contribution in [0.25, 0.3) is 10.9 Å². The number of nitrogens with one attached hydrogen (secondary N) is 2. The minimum atomic E-state index is -0.261. The first-order valence-electron chi connectivity index (χ1n) is 6.68. The van der Waals surface area contributed by atoms with Gasteiger partial charge in [0.05, 0.1) is 11.7 Å². The summed E-state index contributed by atoms with van der Waals surface area (Å²) in [6.07, 6.45) is 2.30. The number of benzene rings is 2. The van der Waals surface area contributed by atoms with Crippen LogP contribution in [0.5, 0.6) is 0 Å². The second-order valence-corrected chi connectivity index (χ2v) is 4.81. The molecule has 5 heteroatoms. The van der Waals surface area contributed by atoms with E-state index in [-0.39, 0.29) is 11.7 Å². The van der Waals surface area contributed by atoms with Crippen molar-refractivity contribution in [3.63, 3.8) is 0 Å². The average molecular weight is 283 g/mol. The fraction of sp³-hybridized carbons (Fsp3) is 0.125. The van der Waals surface area contributed by atoms with Gasteiger partial charge in [0.15, 0.2) is 0 Å². The second-order valence-electron chi connectivity index (χ2n) is 4.81. The third-order valence-electron chi connectivity index (χ3n) is 3.29. The van der Waals surface area contributed by atoms with Gasteiger partial charge in [-0.3, -0.25) is 9.89 Å². The maximum Gasteiger partial charge on any atom is 0.251 e. The Balaban J connectivity index is 1.61. The zero-order chi connectivity index (χ0) is 14.7. The highest BCUT2D eigenvalue weighted by Gasteiger charge is 2.06. The minimum Gasteiger partial charge on any atom is -0.352 e. The largest absolute Gasteiger partial charge is 0.352 e. The number of aromatic amines is 1. The van der Waals surface area contributed by atoms with Crippen molar-refractivity contribution in [1.82, 2.24) is 15.5 Å². The molecule has 0 bridgehead atoms. The molecule has 0 aliphatic rings. The van der Waals surface area contributed by atoms with Gasteiger partial charge in [-0.15, -0.1) is 0 Å². The standard InChI is InChI=1S/C16H14FN3O/c17-14-3-1-2-11(8-14)6-7-18-16(21)12-4-5-13-10-19-20-15(13)9-12/h1-5,8-10H,6-7H2,(H,18,21)(H,19,20). The van der Waals surface area contributed by atoms with Crippen molar-refractivity contribution >= 4 is 16.8 Å². The first kappa shape index (κ1) is 13.3. The molecule has 3 aromatic rings. The highest BCUT2D eigenvalue weighted by atomic mass is 19.1. The fourth-order valence-electron chi connectivity index (χ4n) is 2.19. The van der Waals surface area contributed by atoms with Crippen molar-refractivity contribution in [3.8, 4) is 0 Å². The Morgan fingerprint density at radius 3 is 3.00 bits per heavy atom. The SMILES string of the molecule is O=C(NCCc1cccc(F)c1)c1ccc2cn[nH]c2c1. The van der Waals surface area contributed by atoms with Crippen molar-refractivity contribution < 1.29 is 9.18 Å². The Morgan fingerprint density at radius 1 is 1.24 bits per heavy atom. The van der Waals surface area contributed by atoms with Gasteiger partial charge in [-0.25, -0.2) is 4.39 Å². The van der Waals surface area contributed by atoms with E-state index >= 15 is 0 Å². The number of hydrogen-bond acceptors (Lipinski definition) is 2. The molecule has 0 radical (unpaired) electrons. The van der Waals surface area contributed by atoms with Crippen LogP contribution >= 0.6 is 0 Å². The molecule has 3 rings (SSSR count). The van der Waals surface area contributed by atoms with E-state index in [9.17, 15) is 9.18 Å². The maximum atomic E-state index is 13.0. The quantitative estimate of drug-likeness (QED) is 0.773. The highest BCUT2D eigenvalue weighted by molar-refractivity contribution is 5.97. The van der Waals surface area contributed by atoms with Gasteiger partial charge in [-0.2, -0.15) is 5.10 Å². The van der Waals surface area contributed by atoms with E-state index in [1.165, 1.54) is 12.1 Å². The molecule has 0 atom stereocenters. The van der Waals surface area contributed by atoms with Gasteiger partial charge in [0.2, 0.25) is 0 Å². The molecule has 0 unspecified atom stereocenters. The molecule has 4 nitrogen and oxygen atoms in total. The number of carbonyl (C=O) groups excluding carboxylic acids is 1. The van der Waals surface area contributed by atoms with Crippen molar-refractivity contribution in [3.05, 3.63) is 65.6 Å². The van der Waals surface area contributed by atoms with E-state index < -0.39 is 0 Å². The number of H-pyrrole nitrogens is 1. The lowest BCUT2D eigenvalue weighted by atomic mass is 10.1. The molecule has 0 aliphatic carbocycles. The number of fused-ring (bicyclic) bond motifs is 1. The van der Waals surface area contributed by atoms with Crippen molar-refractivity contribution in [2.75, 3.05) is 6.54 Å². The van der Waals surface area contributed by atoms with Gasteiger partial charge in [-0.05, 0) is 36.2 Å². The number of aromatic nitrogens is 2. The fourth-order valence-corrected chi connectivity index (χ4v) is 2.19. The van der Waals surface area contributed by atoms with Crippen LogP contribution in [0, 0.1) is 5.82 Å². The number of rotatable bonds is 4. The van der Waals surface area contributed by atoms with Gasteiger partial charge in [0, 0.05) is 17.5 Å². The number of carbonyl (C=O) groups is 1. The van der Waals surface area contributed by atoms with Crippen molar-refractivity contribution in [2.45, 2.75) is 6.42 Å². The summed E-state index contributed by atoms with van der Waals surface area (Å²) in [5, 5.41) is 10.5. The summed E-state index contributed by atoms with van der Waals surface area (Å²) in [5.74, 6) is -0.411. The Morgan fingerprint density at radius 2 is 2.14 bits per heavy atom. The summed E-state index contributed by atoms with van der Waals surface area (Å²) >= 11 is 0. The summed E-state index contributed by atoms with van der Waals surface area (Å²) in [6, 6.07) is 11.8. The highest BCUT2D eigenvalue weighted by Crippen LogP contribution is 2.12. The van der Waals surface area contributed by atoms with E-state index in [4.69, 9.17) is 0 Å². The Bertz CT molecular complexity index is 782. The smallest absolute Gasteiger partial charge is 0.251 e. The molecular weight excluding hydrogens is 269 g/mol. The van der Waals surface area contributed by atoms with Crippen LogP contribution in [0.15, 0.2) is 48.7 Å². The van der Waals surface area contributed by atoms with Crippen LogP contribution in [0.1, 0.15) is 15.9 Å². The third-order valence-corrected chi connectivity index (χ3v) is 3.29. The van der Waals surface area contributed by atoms with Crippen LogP contribution in [0.2, 0.25) is 0 Å². The van der Waals surface area contributed by atoms with Gasteiger partial charge < -0.3 is 5.32 Å². The molecule has 21 heavy (non-hydrogen) atoms. The number of halogens is 1. The van der Waals surface area contributed by atoms with E-state index in [1.807, 2.05) is 12.1 Å². The van der Waals surface area contributed by atoms with Gasteiger partial charge in [0.25, 0.3) is 5.91 Å². The molecule has 2 aromatic carbocycles. The van der Waals surface area contributed by atoms with E-state index in [2.05, 4.69) is 15.5 Å². The Hall–Kier alpha value is -2.69.